The fraction of sp³-hybridized carbons (Fsp3) is 0.385. The molecule has 0 fully saturated rings. The van der Waals surface area contributed by atoms with Gasteiger partial charge in [0, 0.05) is 6.54 Å². The van der Waals surface area contributed by atoms with Crippen LogP contribution in [0.2, 0.25) is 0 Å². The number of hydrogen-bond acceptors (Lipinski definition) is 1. The molecule has 1 heteroatoms. The molecule has 2 rings (SSSR count). The Morgan fingerprint density at radius 3 is 3.07 bits per heavy atom. The first-order valence-electron chi connectivity index (χ1n) is 5.31. The van der Waals surface area contributed by atoms with E-state index >= 15 is 0 Å². The van der Waals surface area contributed by atoms with Gasteiger partial charge in [0.15, 0.2) is 0 Å². The Kier molecular flexibility index (Phi) is 3.00. The van der Waals surface area contributed by atoms with Gasteiger partial charge in [0.25, 0.3) is 0 Å². The molecular weight excluding hydrogens is 170 g/mol. The summed E-state index contributed by atoms with van der Waals surface area (Å²) in [5, 5.41) is 3.24. The van der Waals surface area contributed by atoms with Crippen molar-refractivity contribution in [3.05, 3.63) is 41.5 Å². The Morgan fingerprint density at radius 1 is 1.36 bits per heavy atom. The van der Waals surface area contributed by atoms with Crippen molar-refractivity contribution in [2.45, 2.75) is 12.8 Å². The molecule has 1 aliphatic rings. The van der Waals surface area contributed by atoms with Crippen LogP contribution in [0.25, 0.3) is 6.08 Å². The number of nitrogens with one attached hydrogen (secondary N) is 1. The van der Waals surface area contributed by atoms with Crippen molar-refractivity contribution < 1.29 is 0 Å². The highest BCUT2D eigenvalue weighted by Gasteiger charge is 2.09. The van der Waals surface area contributed by atoms with Gasteiger partial charge in [-0.05, 0) is 36.9 Å². The zero-order valence-electron chi connectivity index (χ0n) is 8.66. The average Bonchev–Trinajstić information content (AvgIpc) is 2.42. The summed E-state index contributed by atoms with van der Waals surface area (Å²) in [4.78, 5) is 0. The predicted octanol–water partition coefficient (Wildman–Crippen LogP) is 2.48. The fourth-order valence-corrected chi connectivity index (χ4v) is 2.03. The Labute approximate surface area is 85.8 Å². The summed E-state index contributed by atoms with van der Waals surface area (Å²) >= 11 is 0. The van der Waals surface area contributed by atoms with Gasteiger partial charge in [-0.15, -0.1) is 0 Å². The van der Waals surface area contributed by atoms with Gasteiger partial charge >= 0.3 is 0 Å². The van der Waals surface area contributed by atoms with Gasteiger partial charge in [-0.1, -0.05) is 36.4 Å². The van der Waals surface area contributed by atoms with E-state index in [1.807, 2.05) is 7.05 Å². The van der Waals surface area contributed by atoms with E-state index in [4.69, 9.17) is 0 Å². The van der Waals surface area contributed by atoms with E-state index < -0.39 is 0 Å². The molecule has 14 heavy (non-hydrogen) atoms. The van der Waals surface area contributed by atoms with Crippen LogP contribution in [0.1, 0.15) is 17.5 Å². The lowest BCUT2D eigenvalue weighted by molar-refractivity contribution is 0.559. The summed E-state index contributed by atoms with van der Waals surface area (Å²) in [5.41, 5.74) is 2.88. The smallest absolute Gasteiger partial charge is 0.00114 e. The second-order valence-electron chi connectivity index (χ2n) is 3.91. The summed E-state index contributed by atoms with van der Waals surface area (Å²) in [6.07, 6.45) is 7.07. The first-order valence-corrected chi connectivity index (χ1v) is 5.31. The molecule has 1 aromatic carbocycles. The minimum atomic E-state index is 0.687. The van der Waals surface area contributed by atoms with Crippen LogP contribution in [0.3, 0.4) is 0 Å². The minimum Gasteiger partial charge on any atom is -0.319 e. The van der Waals surface area contributed by atoms with Crippen LogP contribution in [0.4, 0.5) is 0 Å². The molecule has 0 heterocycles. The van der Waals surface area contributed by atoms with Crippen LogP contribution >= 0.6 is 0 Å². The summed E-state index contributed by atoms with van der Waals surface area (Å²) in [7, 11) is 2.02. The first-order chi connectivity index (χ1) is 6.90. The fourth-order valence-electron chi connectivity index (χ4n) is 2.03. The van der Waals surface area contributed by atoms with Crippen LogP contribution in [0.15, 0.2) is 30.3 Å². The maximum atomic E-state index is 3.24. The lowest BCUT2D eigenvalue weighted by Crippen LogP contribution is -2.17. The second kappa shape index (κ2) is 4.43. The number of fused-ring (bicyclic) bond motifs is 1. The Bertz CT molecular complexity index is 328. The SMILES string of the molecule is CNCC1C=Cc2ccccc2CC1. The van der Waals surface area contributed by atoms with E-state index in [1.165, 1.54) is 24.0 Å². The average molecular weight is 187 g/mol. The third-order valence-corrected chi connectivity index (χ3v) is 2.85. The maximum Gasteiger partial charge on any atom is 0.00114 e. The predicted molar refractivity (Wildman–Crippen MR) is 61.2 cm³/mol. The molecule has 0 saturated heterocycles. The molecule has 0 saturated carbocycles. The normalized spacial score (nSPS) is 20.2. The molecule has 1 aromatic rings. The summed E-state index contributed by atoms with van der Waals surface area (Å²) in [5.74, 6) is 0.687. The van der Waals surface area contributed by atoms with Crippen LogP contribution < -0.4 is 5.32 Å². The zero-order chi connectivity index (χ0) is 9.80. The molecule has 0 spiro atoms. The van der Waals surface area contributed by atoms with Gasteiger partial charge in [0.05, 0.1) is 0 Å². The largest absolute Gasteiger partial charge is 0.319 e. The van der Waals surface area contributed by atoms with E-state index in [0.29, 0.717) is 5.92 Å². The van der Waals surface area contributed by atoms with Crippen molar-refractivity contribution in [3.8, 4) is 0 Å². The van der Waals surface area contributed by atoms with Crippen molar-refractivity contribution in [2.75, 3.05) is 13.6 Å². The summed E-state index contributed by atoms with van der Waals surface area (Å²) < 4.78 is 0. The van der Waals surface area contributed by atoms with E-state index in [9.17, 15) is 0 Å². The molecule has 1 nitrogen and oxygen atoms in total. The van der Waals surface area contributed by atoms with E-state index in [2.05, 4.69) is 41.7 Å². The lowest BCUT2D eigenvalue weighted by Gasteiger charge is -2.09. The topological polar surface area (TPSA) is 12.0 Å². The van der Waals surface area contributed by atoms with Crippen LogP contribution in [-0.4, -0.2) is 13.6 Å². The standard InChI is InChI=1S/C13H17N/c1-14-10-11-6-8-12-4-2-3-5-13(12)9-7-11/h2-6,8,11,14H,7,9-10H2,1H3. The van der Waals surface area contributed by atoms with Gasteiger partial charge in [0.2, 0.25) is 0 Å². The third kappa shape index (κ3) is 2.05. The van der Waals surface area contributed by atoms with E-state index in [1.54, 1.807) is 0 Å². The Morgan fingerprint density at radius 2 is 2.21 bits per heavy atom. The molecule has 0 aliphatic heterocycles. The Balaban J connectivity index is 2.17. The summed E-state index contributed by atoms with van der Waals surface area (Å²) in [6, 6.07) is 8.68. The van der Waals surface area contributed by atoms with Crippen LogP contribution in [-0.2, 0) is 6.42 Å². The number of benzene rings is 1. The third-order valence-electron chi connectivity index (χ3n) is 2.85. The molecule has 0 radical (unpaired) electrons. The van der Waals surface area contributed by atoms with E-state index in [-0.39, 0.29) is 0 Å². The highest BCUT2D eigenvalue weighted by atomic mass is 14.8. The van der Waals surface area contributed by atoms with Crippen molar-refractivity contribution in [3.63, 3.8) is 0 Å². The lowest BCUT2D eigenvalue weighted by atomic mass is 10.0. The molecule has 1 unspecified atom stereocenters. The van der Waals surface area contributed by atoms with E-state index in [0.717, 1.165) is 6.54 Å². The van der Waals surface area contributed by atoms with Crippen LogP contribution in [0, 0.1) is 5.92 Å². The zero-order valence-corrected chi connectivity index (χ0v) is 8.66. The highest BCUT2D eigenvalue weighted by molar-refractivity contribution is 5.55. The van der Waals surface area contributed by atoms with Crippen molar-refractivity contribution >= 4 is 6.08 Å². The first kappa shape index (κ1) is 9.47. The van der Waals surface area contributed by atoms with Gasteiger partial charge < -0.3 is 5.32 Å². The monoisotopic (exact) mass is 187 g/mol. The summed E-state index contributed by atoms with van der Waals surface area (Å²) in [6.45, 7) is 1.09. The second-order valence-corrected chi connectivity index (χ2v) is 3.91. The molecule has 74 valence electrons. The quantitative estimate of drug-likeness (QED) is 0.750. The van der Waals surface area contributed by atoms with Gasteiger partial charge in [-0.3, -0.25) is 0 Å². The molecular formula is C13H17N. The van der Waals surface area contributed by atoms with Gasteiger partial charge in [0.1, 0.15) is 0 Å². The molecule has 0 aromatic heterocycles. The van der Waals surface area contributed by atoms with Crippen molar-refractivity contribution in [1.29, 1.82) is 0 Å². The number of hydrogen-bond donors (Lipinski definition) is 1. The molecule has 1 atom stereocenters. The minimum absolute atomic E-state index is 0.687. The molecule has 1 N–H and O–H groups in total. The van der Waals surface area contributed by atoms with Crippen molar-refractivity contribution in [2.24, 2.45) is 5.92 Å². The maximum absolute atomic E-state index is 3.24. The number of rotatable bonds is 2. The van der Waals surface area contributed by atoms with Gasteiger partial charge in [-0.2, -0.15) is 0 Å². The Hall–Kier alpha value is -1.08. The molecule has 1 aliphatic carbocycles. The van der Waals surface area contributed by atoms with Crippen LogP contribution in [0.5, 0.6) is 0 Å². The molecule has 0 amide bonds. The molecule has 0 bridgehead atoms. The van der Waals surface area contributed by atoms with Gasteiger partial charge in [-0.25, -0.2) is 0 Å². The highest BCUT2D eigenvalue weighted by Crippen LogP contribution is 2.21. The number of aryl methyl sites for hydroxylation is 1. The van der Waals surface area contributed by atoms with Crippen molar-refractivity contribution in [1.82, 2.24) is 5.32 Å².